The van der Waals surface area contributed by atoms with Gasteiger partial charge in [0, 0.05) is 0 Å². The number of ether oxygens (including phenoxy) is 1. The first-order valence-corrected chi connectivity index (χ1v) is 4.86. The van der Waals surface area contributed by atoms with Crippen LogP contribution in [0, 0.1) is 17.0 Å². The Balaban J connectivity index is 2.80. The number of carbonyl (C=O) groups is 1. The van der Waals surface area contributed by atoms with Crippen LogP contribution in [0.3, 0.4) is 0 Å². The quantitative estimate of drug-likeness (QED) is 0.370. The van der Waals surface area contributed by atoms with E-state index in [0.717, 1.165) is 0 Å². The van der Waals surface area contributed by atoms with Gasteiger partial charge in [0.1, 0.15) is 12.3 Å². The molecular weight excluding hydrogens is 244 g/mol. The monoisotopic (exact) mass is 256 g/mol. The lowest BCUT2D eigenvalue weighted by Gasteiger charge is -2.07. The van der Waals surface area contributed by atoms with E-state index in [1.54, 1.807) is 0 Å². The summed E-state index contributed by atoms with van der Waals surface area (Å²) in [5.41, 5.74) is 10.0. The van der Waals surface area contributed by atoms with E-state index < -0.39 is 11.0 Å². The molecule has 18 heavy (non-hydrogen) atoms. The van der Waals surface area contributed by atoms with Crippen molar-refractivity contribution in [3.8, 4) is 0 Å². The van der Waals surface area contributed by atoms with E-state index in [1.807, 2.05) is 0 Å². The first-order chi connectivity index (χ1) is 8.41. The predicted molar refractivity (Wildman–Crippen MR) is 61.9 cm³/mol. The molecule has 1 rings (SSSR count). The minimum absolute atomic E-state index is 0.0296. The Labute approximate surface area is 101 Å². The molecule has 0 atom stereocenters. The molecule has 0 aliphatic carbocycles. The van der Waals surface area contributed by atoms with Crippen molar-refractivity contribution in [3.05, 3.63) is 15.8 Å². The average Bonchev–Trinajstić information content (AvgIpc) is 2.22. The number of amides is 1. The van der Waals surface area contributed by atoms with E-state index in [1.165, 1.54) is 6.92 Å². The Bertz CT molecular complexity index is 477. The van der Waals surface area contributed by atoms with Gasteiger partial charge in [0.05, 0.1) is 11.5 Å². The Kier molecular flexibility index (Phi) is 4.18. The van der Waals surface area contributed by atoms with E-state index in [2.05, 4.69) is 20.0 Å². The summed E-state index contributed by atoms with van der Waals surface area (Å²) >= 11 is 0. The van der Waals surface area contributed by atoms with Gasteiger partial charge < -0.3 is 21.5 Å². The highest BCUT2D eigenvalue weighted by atomic mass is 16.6. The fourth-order valence-electron chi connectivity index (χ4n) is 1.25. The number of hydrogen-bond donors (Lipinski definition) is 3. The third kappa shape index (κ3) is 3.43. The molecular formula is C8H12N6O4. The van der Waals surface area contributed by atoms with Gasteiger partial charge in [0.25, 0.3) is 0 Å². The summed E-state index contributed by atoms with van der Waals surface area (Å²) in [7, 11) is 0. The zero-order chi connectivity index (χ0) is 13.7. The predicted octanol–water partition coefficient (Wildman–Crippen LogP) is -0.217. The molecule has 0 aromatic carbocycles. The summed E-state index contributed by atoms with van der Waals surface area (Å²) in [6.45, 7) is 1.51. The van der Waals surface area contributed by atoms with Gasteiger partial charge in [-0.05, 0) is 6.92 Å². The Morgan fingerprint density at radius 2 is 2.22 bits per heavy atom. The third-order valence-electron chi connectivity index (χ3n) is 1.90. The number of primary amides is 1. The van der Waals surface area contributed by atoms with Crippen LogP contribution in [0.1, 0.15) is 5.69 Å². The summed E-state index contributed by atoms with van der Waals surface area (Å²) < 4.78 is 4.46. The molecule has 10 nitrogen and oxygen atoms in total. The molecule has 98 valence electrons. The molecule has 0 radical (unpaired) electrons. The van der Waals surface area contributed by atoms with Crippen LogP contribution in [0.25, 0.3) is 0 Å². The van der Waals surface area contributed by atoms with Crippen LogP contribution >= 0.6 is 0 Å². The molecule has 0 spiro atoms. The van der Waals surface area contributed by atoms with Gasteiger partial charge in [-0.2, -0.15) is 4.98 Å². The molecule has 0 saturated heterocycles. The fraction of sp³-hybridized carbons (Fsp3) is 0.375. The highest BCUT2D eigenvalue weighted by Gasteiger charge is 2.21. The van der Waals surface area contributed by atoms with E-state index in [0.29, 0.717) is 0 Å². The molecule has 10 heteroatoms. The molecule has 0 unspecified atom stereocenters. The maximum absolute atomic E-state index is 10.8. The van der Waals surface area contributed by atoms with Gasteiger partial charge >= 0.3 is 11.8 Å². The molecule has 5 N–H and O–H groups in total. The molecule has 1 amide bonds. The van der Waals surface area contributed by atoms with Gasteiger partial charge in [0.2, 0.25) is 11.8 Å². The van der Waals surface area contributed by atoms with Crippen LogP contribution in [0.5, 0.6) is 0 Å². The largest absolute Gasteiger partial charge is 0.448 e. The van der Waals surface area contributed by atoms with Crippen LogP contribution in [-0.2, 0) is 4.74 Å². The van der Waals surface area contributed by atoms with Gasteiger partial charge in [-0.15, -0.1) is 0 Å². The summed E-state index contributed by atoms with van der Waals surface area (Å²) in [5.74, 6) is -0.116. The maximum Gasteiger partial charge on any atom is 0.404 e. The first kappa shape index (κ1) is 13.4. The molecule has 0 aliphatic rings. The number of carbonyl (C=O) groups excluding carboxylic acids is 1. The lowest BCUT2D eigenvalue weighted by molar-refractivity contribution is -0.385. The number of anilines is 2. The number of hydrogen-bond acceptors (Lipinski definition) is 8. The summed E-state index contributed by atoms with van der Waals surface area (Å²) in [6, 6.07) is 0. The standard InChI is InChI=1S/C8H12N6O4/c1-4-5(14(16)17)6(13-7(9)12-4)11-2-3-18-8(10)15/h2-3H2,1H3,(H2,10,15)(H3,9,11,12,13). The van der Waals surface area contributed by atoms with Gasteiger partial charge in [-0.1, -0.05) is 0 Å². The topological polar surface area (TPSA) is 159 Å². The lowest BCUT2D eigenvalue weighted by atomic mass is 10.3. The molecule has 1 aromatic heterocycles. The van der Waals surface area contributed by atoms with Crippen molar-refractivity contribution >= 4 is 23.5 Å². The van der Waals surface area contributed by atoms with Crippen molar-refractivity contribution in [2.24, 2.45) is 5.73 Å². The highest BCUT2D eigenvalue weighted by molar-refractivity contribution is 5.64. The van der Waals surface area contributed by atoms with Gasteiger partial charge in [0.15, 0.2) is 0 Å². The third-order valence-corrected chi connectivity index (χ3v) is 1.90. The number of nitrogens with zero attached hydrogens (tertiary/aromatic N) is 3. The van der Waals surface area contributed by atoms with E-state index in [4.69, 9.17) is 11.5 Å². The second kappa shape index (κ2) is 5.61. The van der Waals surface area contributed by atoms with E-state index in [9.17, 15) is 14.9 Å². The number of rotatable bonds is 5. The molecule has 1 heterocycles. The zero-order valence-corrected chi connectivity index (χ0v) is 9.54. The molecule has 0 bridgehead atoms. The van der Waals surface area contributed by atoms with Crippen LogP contribution < -0.4 is 16.8 Å². The molecule has 1 aromatic rings. The van der Waals surface area contributed by atoms with Crippen molar-refractivity contribution in [1.29, 1.82) is 0 Å². The molecule has 0 aliphatic heterocycles. The van der Waals surface area contributed by atoms with Crippen molar-refractivity contribution in [2.75, 3.05) is 24.2 Å². The Morgan fingerprint density at radius 1 is 1.56 bits per heavy atom. The van der Waals surface area contributed by atoms with Crippen molar-refractivity contribution in [2.45, 2.75) is 6.92 Å². The normalized spacial score (nSPS) is 9.83. The Hall–Kier alpha value is -2.65. The van der Waals surface area contributed by atoms with Crippen molar-refractivity contribution < 1.29 is 14.5 Å². The fourth-order valence-corrected chi connectivity index (χ4v) is 1.25. The van der Waals surface area contributed by atoms with E-state index in [-0.39, 0.29) is 36.3 Å². The lowest BCUT2D eigenvalue weighted by Crippen LogP contribution is -2.19. The minimum Gasteiger partial charge on any atom is -0.448 e. The maximum atomic E-state index is 10.8. The first-order valence-electron chi connectivity index (χ1n) is 4.86. The van der Waals surface area contributed by atoms with E-state index >= 15 is 0 Å². The zero-order valence-electron chi connectivity index (χ0n) is 9.54. The minimum atomic E-state index is -0.926. The molecule has 0 fully saturated rings. The molecule has 0 saturated carbocycles. The summed E-state index contributed by atoms with van der Waals surface area (Å²) in [6.07, 6.45) is -0.926. The SMILES string of the molecule is Cc1nc(N)nc(NCCOC(N)=O)c1[N+](=O)[O-]. The number of aryl methyl sites for hydroxylation is 1. The van der Waals surface area contributed by atoms with Crippen LogP contribution in [0.4, 0.5) is 22.2 Å². The number of nitrogen functional groups attached to an aromatic ring is 1. The summed E-state index contributed by atoms with van der Waals surface area (Å²) in [5, 5.41) is 13.5. The number of nitrogens with two attached hydrogens (primary N) is 2. The van der Waals surface area contributed by atoms with Gasteiger partial charge in [-0.25, -0.2) is 9.78 Å². The number of aromatic nitrogens is 2. The second-order valence-corrected chi connectivity index (χ2v) is 3.22. The average molecular weight is 256 g/mol. The Morgan fingerprint density at radius 3 is 2.78 bits per heavy atom. The smallest absolute Gasteiger partial charge is 0.404 e. The van der Waals surface area contributed by atoms with Crippen molar-refractivity contribution in [1.82, 2.24) is 9.97 Å². The highest BCUT2D eigenvalue weighted by Crippen LogP contribution is 2.25. The van der Waals surface area contributed by atoms with Crippen molar-refractivity contribution in [3.63, 3.8) is 0 Å². The number of nitro groups is 1. The van der Waals surface area contributed by atoms with Gasteiger partial charge in [-0.3, -0.25) is 10.1 Å². The van der Waals surface area contributed by atoms with Crippen LogP contribution in [-0.4, -0.2) is 34.1 Å². The second-order valence-electron chi connectivity index (χ2n) is 3.22. The van der Waals surface area contributed by atoms with Crippen LogP contribution in [0.15, 0.2) is 0 Å². The van der Waals surface area contributed by atoms with Crippen LogP contribution in [0.2, 0.25) is 0 Å². The summed E-state index contributed by atoms with van der Waals surface area (Å²) in [4.78, 5) is 27.9. The number of nitrogens with one attached hydrogen (secondary N) is 1.